The molecule has 0 aliphatic heterocycles. The SMILES string of the molecule is O=c1c(Br)c(Cl)ncn1Cc1ccccc1F. The Bertz CT molecular complexity index is 615. The standard InChI is InChI=1S/C11H7BrClFN2O/c12-9-10(13)15-6-16(11(9)17)5-7-3-1-2-4-8(7)14/h1-4,6H,5H2. The highest BCUT2D eigenvalue weighted by molar-refractivity contribution is 9.10. The lowest BCUT2D eigenvalue weighted by molar-refractivity contribution is 0.593. The van der Waals surface area contributed by atoms with Gasteiger partial charge in [0.1, 0.15) is 10.3 Å². The Morgan fingerprint density at radius 2 is 2.12 bits per heavy atom. The number of hydrogen-bond donors (Lipinski definition) is 0. The summed E-state index contributed by atoms with van der Waals surface area (Å²) in [5, 5.41) is 0.0970. The second kappa shape index (κ2) is 4.98. The number of rotatable bonds is 2. The van der Waals surface area contributed by atoms with Gasteiger partial charge in [-0.25, -0.2) is 9.37 Å². The molecule has 0 unspecified atom stereocenters. The van der Waals surface area contributed by atoms with Crippen LogP contribution in [0.2, 0.25) is 5.15 Å². The van der Waals surface area contributed by atoms with Crippen LogP contribution >= 0.6 is 27.5 Å². The largest absolute Gasteiger partial charge is 0.294 e. The van der Waals surface area contributed by atoms with Crippen molar-refractivity contribution in [1.82, 2.24) is 9.55 Å². The Balaban J connectivity index is 2.41. The summed E-state index contributed by atoms with van der Waals surface area (Å²) in [6.45, 7) is 0.119. The van der Waals surface area contributed by atoms with Crippen LogP contribution in [0.1, 0.15) is 5.56 Å². The average Bonchev–Trinajstić information content (AvgIpc) is 2.32. The molecular formula is C11H7BrClFN2O. The zero-order valence-corrected chi connectivity index (χ0v) is 10.9. The molecule has 0 fully saturated rings. The zero-order chi connectivity index (χ0) is 12.4. The molecule has 1 heterocycles. The summed E-state index contributed by atoms with van der Waals surface area (Å²) in [5.41, 5.74) is 0.0823. The van der Waals surface area contributed by atoms with Crippen molar-refractivity contribution >= 4 is 27.5 Å². The molecule has 2 aromatic rings. The van der Waals surface area contributed by atoms with Gasteiger partial charge < -0.3 is 0 Å². The van der Waals surface area contributed by atoms with Crippen LogP contribution in [0.4, 0.5) is 4.39 Å². The molecule has 1 aromatic carbocycles. The molecule has 2 rings (SSSR count). The first-order chi connectivity index (χ1) is 8.09. The molecule has 0 N–H and O–H groups in total. The summed E-state index contributed by atoms with van der Waals surface area (Å²) in [6.07, 6.45) is 1.29. The summed E-state index contributed by atoms with van der Waals surface area (Å²) in [7, 11) is 0. The first kappa shape index (κ1) is 12.3. The van der Waals surface area contributed by atoms with E-state index >= 15 is 0 Å². The third-order valence-corrected chi connectivity index (χ3v) is 3.47. The number of halogens is 3. The molecule has 0 saturated heterocycles. The third-order valence-electron chi connectivity index (χ3n) is 2.24. The highest BCUT2D eigenvalue weighted by Gasteiger charge is 2.08. The van der Waals surface area contributed by atoms with Gasteiger partial charge in [0, 0.05) is 5.56 Å². The molecular weight excluding hydrogens is 310 g/mol. The van der Waals surface area contributed by atoms with E-state index in [1.54, 1.807) is 18.2 Å². The van der Waals surface area contributed by atoms with Crippen LogP contribution in [0.25, 0.3) is 0 Å². The quantitative estimate of drug-likeness (QED) is 0.798. The molecule has 17 heavy (non-hydrogen) atoms. The fourth-order valence-electron chi connectivity index (χ4n) is 1.37. The lowest BCUT2D eigenvalue weighted by Crippen LogP contribution is -2.22. The fraction of sp³-hybridized carbons (Fsp3) is 0.0909. The van der Waals surface area contributed by atoms with Crippen LogP contribution in [-0.4, -0.2) is 9.55 Å². The molecule has 3 nitrogen and oxygen atoms in total. The minimum absolute atomic E-state index is 0.0970. The van der Waals surface area contributed by atoms with E-state index in [2.05, 4.69) is 20.9 Å². The minimum atomic E-state index is -0.356. The van der Waals surface area contributed by atoms with E-state index in [1.165, 1.54) is 17.0 Å². The van der Waals surface area contributed by atoms with Gasteiger partial charge in [0.05, 0.1) is 12.9 Å². The Hall–Kier alpha value is -1.20. The topological polar surface area (TPSA) is 34.9 Å². The lowest BCUT2D eigenvalue weighted by Gasteiger charge is -2.07. The maximum atomic E-state index is 13.4. The molecule has 0 saturated carbocycles. The fourth-order valence-corrected chi connectivity index (χ4v) is 1.82. The van der Waals surface area contributed by atoms with Gasteiger partial charge in [-0.1, -0.05) is 29.8 Å². The number of aromatic nitrogens is 2. The van der Waals surface area contributed by atoms with Crippen LogP contribution in [0, 0.1) is 5.82 Å². The van der Waals surface area contributed by atoms with Crippen molar-refractivity contribution in [2.75, 3.05) is 0 Å². The molecule has 88 valence electrons. The Morgan fingerprint density at radius 3 is 2.82 bits per heavy atom. The summed E-state index contributed by atoms with van der Waals surface area (Å²) in [5.74, 6) is -0.356. The van der Waals surface area contributed by atoms with Gasteiger partial charge in [-0.2, -0.15) is 0 Å². The number of hydrogen-bond acceptors (Lipinski definition) is 2. The highest BCUT2D eigenvalue weighted by Crippen LogP contribution is 2.14. The van der Waals surface area contributed by atoms with Gasteiger partial charge >= 0.3 is 0 Å². The predicted molar refractivity (Wildman–Crippen MR) is 66.7 cm³/mol. The second-order valence-electron chi connectivity index (χ2n) is 3.37. The van der Waals surface area contributed by atoms with Crippen molar-refractivity contribution in [3.05, 3.63) is 62.0 Å². The zero-order valence-electron chi connectivity index (χ0n) is 8.53. The van der Waals surface area contributed by atoms with Gasteiger partial charge in [0.2, 0.25) is 0 Å². The maximum Gasteiger partial charge on any atom is 0.269 e. The molecule has 0 spiro atoms. The van der Waals surface area contributed by atoms with Crippen LogP contribution in [0.3, 0.4) is 0 Å². The van der Waals surface area contributed by atoms with Gasteiger partial charge in [-0.15, -0.1) is 0 Å². The highest BCUT2D eigenvalue weighted by atomic mass is 79.9. The summed E-state index contributed by atoms with van der Waals surface area (Å²) in [6, 6.07) is 6.27. The minimum Gasteiger partial charge on any atom is -0.294 e. The molecule has 0 aliphatic rings. The van der Waals surface area contributed by atoms with Crippen molar-refractivity contribution < 1.29 is 4.39 Å². The summed E-state index contributed by atoms with van der Waals surface area (Å²) in [4.78, 5) is 15.6. The maximum absolute atomic E-state index is 13.4. The number of benzene rings is 1. The summed E-state index contributed by atoms with van der Waals surface area (Å²) < 4.78 is 14.9. The molecule has 0 aliphatic carbocycles. The van der Waals surface area contributed by atoms with Crippen LogP contribution in [-0.2, 0) is 6.54 Å². The van der Waals surface area contributed by atoms with Gasteiger partial charge in [0.25, 0.3) is 5.56 Å². The van der Waals surface area contributed by atoms with Crippen molar-refractivity contribution in [2.45, 2.75) is 6.54 Å². The van der Waals surface area contributed by atoms with E-state index in [1.807, 2.05) is 0 Å². The van der Waals surface area contributed by atoms with E-state index < -0.39 is 0 Å². The van der Waals surface area contributed by atoms with E-state index in [9.17, 15) is 9.18 Å². The molecule has 0 bridgehead atoms. The number of nitrogens with zero attached hydrogens (tertiary/aromatic N) is 2. The molecule has 0 atom stereocenters. The van der Waals surface area contributed by atoms with Crippen LogP contribution in [0.5, 0.6) is 0 Å². The van der Waals surface area contributed by atoms with Crippen LogP contribution < -0.4 is 5.56 Å². The van der Waals surface area contributed by atoms with E-state index in [0.29, 0.717) is 5.56 Å². The molecule has 1 aromatic heterocycles. The Kier molecular flexibility index (Phi) is 3.59. The van der Waals surface area contributed by atoms with Gasteiger partial charge in [-0.05, 0) is 22.0 Å². The van der Waals surface area contributed by atoms with Crippen molar-refractivity contribution in [2.24, 2.45) is 0 Å². The van der Waals surface area contributed by atoms with Crippen molar-refractivity contribution in [1.29, 1.82) is 0 Å². The van der Waals surface area contributed by atoms with Gasteiger partial charge in [-0.3, -0.25) is 9.36 Å². The smallest absolute Gasteiger partial charge is 0.269 e. The molecule has 0 amide bonds. The van der Waals surface area contributed by atoms with E-state index in [0.717, 1.165) is 0 Å². The average molecular weight is 318 g/mol. The summed E-state index contributed by atoms with van der Waals surface area (Å²) >= 11 is 8.72. The molecule has 6 heteroatoms. The lowest BCUT2D eigenvalue weighted by atomic mass is 10.2. The van der Waals surface area contributed by atoms with Crippen LogP contribution in [0.15, 0.2) is 39.9 Å². The first-order valence-electron chi connectivity index (χ1n) is 4.73. The van der Waals surface area contributed by atoms with Gasteiger partial charge in [0.15, 0.2) is 5.15 Å². The molecule has 0 radical (unpaired) electrons. The monoisotopic (exact) mass is 316 g/mol. The Morgan fingerprint density at radius 1 is 1.41 bits per heavy atom. The Labute approximate surface area is 110 Å². The predicted octanol–water partition coefficient (Wildman–Crippen LogP) is 2.85. The first-order valence-corrected chi connectivity index (χ1v) is 5.90. The van der Waals surface area contributed by atoms with E-state index in [-0.39, 0.29) is 27.5 Å². The van der Waals surface area contributed by atoms with Crippen molar-refractivity contribution in [3.8, 4) is 0 Å². The van der Waals surface area contributed by atoms with E-state index in [4.69, 9.17) is 11.6 Å². The normalized spacial score (nSPS) is 10.5. The second-order valence-corrected chi connectivity index (χ2v) is 4.52. The van der Waals surface area contributed by atoms with Crippen molar-refractivity contribution in [3.63, 3.8) is 0 Å². The third kappa shape index (κ3) is 2.56.